The zero-order chi connectivity index (χ0) is 40.0. The highest BCUT2D eigenvalue weighted by Crippen LogP contribution is 2.53. The highest BCUT2D eigenvalue weighted by atomic mass is 32.1. The number of nitrogens with zero attached hydrogens (tertiary/aromatic N) is 2. The Balaban J connectivity index is 1.25. The molecule has 5 heteroatoms. The number of thiophene rings is 1. The number of fused-ring (bicyclic) bond motifs is 13. The summed E-state index contributed by atoms with van der Waals surface area (Å²) < 4.78 is 10.8. The van der Waals surface area contributed by atoms with Crippen molar-refractivity contribution in [1.82, 2.24) is 4.48 Å². The molecule has 0 bridgehead atoms. The Morgan fingerprint density at radius 2 is 1.30 bits per heavy atom. The second kappa shape index (κ2) is 12.1. The van der Waals surface area contributed by atoms with Crippen LogP contribution in [0.4, 0.5) is 17.1 Å². The van der Waals surface area contributed by atoms with Gasteiger partial charge in [-0.15, -0.1) is 11.3 Å². The van der Waals surface area contributed by atoms with E-state index >= 15 is 0 Å². The van der Waals surface area contributed by atoms with Crippen molar-refractivity contribution < 1.29 is 4.42 Å². The minimum atomic E-state index is -0.0813. The molecule has 3 nitrogen and oxygen atoms in total. The second-order valence-electron chi connectivity index (χ2n) is 17.7. The van der Waals surface area contributed by atoms with E-state index in [2.05, 4.69) is 201 Å². The lowest BCUT2D eigenvalue weighted by Gasteiger charge is -2.42. The summed E-state index contributed by atoms with van der Waals surface area (Å²) in [4.78, 5) is 3.93. The highest BCUT2D eigenvalue weighted by Gasteiger charge is 2.45. The van der Waals surface area contributed by atoms with Crippen molar-refractivity contribution >= 4 is 99.3 Å². The molecule has 0 atom stereocenters. The van der Waals surface area contributed by atoms with Crippen LogP contribution in [0.15, 0.2) is 168 Å². The van der Waals surface area contributed by atoms with Crippen LogP contribution < -0.4 is 15.8 Å². The van der Waals surface area contributed by atoms with E-state index in [1.165, 1.54) is 98.0 Å². The largest absolute Gasteiger partial charge is 0.456 e. The van der Waals surface area contributed by atoms with Gasteiger partial charge in [-0.2, -0.15) is 0 Å². The standard InChI is InChI=1S/C55H39BN2OS/c1-32-15-8-9-18-36(32)34-29-42-37-21-14-22-40-49-39-20-11-13-24-48(39)60-54(49)58(52(37)40)56-43-26-28-47-50(38-19-10-12-23-46(38)59-47)53(43)57(45(30-34)51(42)56)44-27-25-35(55(2,3)4)31-41(44)33-16-6-5-7-17-33/h5-31H,1-4H3. The number of hydrogen-bond acceptors (Lipinski definition) is 3. The molecule has 13 rings (SSSR count). The molecule has 8 aromatic carbocycles. The average molecular weight is 787 g/mol. The van der Waals surface area contributed by atoms with E-state index in [1.807, 2.05) is 11.3 Å². The molecule has 0 N–H and O–H groups in total. The number of para-hydroxylation sites is 2. The van der Waals surface area contributed by atoms with Crippen LogP contribution in [0, 0.1) is 6.92 Å². The van der Waals surface area contributed by atoms with Gasteiger partial charge in [0.1, 0.15) is 11.2 Å². The second-order valence-corrected chi connectivity index (χ2v) is 18.7. The van der Waals surface area contributed by atoms with E-state index < -0.39 is 0 Å². The Kier molecular flexibility index (Phi) is 6.89. The van der Waals surface area contributed by atoms with Gasteiger partial charge in [-0.3, -0.25) is 0 Å². The first-order chi connectivity index (χ1) is 29.3. The van der Waals surface area contributed by atoms with Gasteiger partial charge >= 0.3 is 6.85 Å². The quantitative estimate of drug-likeness (QED) is 0.166. The minimum absolute atomic E-state index is 0.0377. The Bertz CT molecular complexity index is 3620. The van der Waals surface area contributed by atoms with Gasteiger partial charge in [-0.1, -0.05) is 142 Å². The number of rotatable bonds is 3. The van der Waals surface area contributed by atoms with Crippen molar-refractivity contribution in [2.75, 3.05) is 4.90 Å². The predicted molar refractivity (Wildman–Crippen MR) is 257 cm³/mol. The maximum Gasteiger partial charge on any atom is 0.333 e. The van der Waals surface area contributed by atoms with Crippen LogP contribution in [0.5, 0.6) is 0 Å². The summed E-state index contributed by atoms with van der Waals surface area (Å²) in [6.45, 7) is 9.09. The van der Waals surface area contributed by atoms with Crippen molar-refractivity contribution in [2.24, 2.45) is 0 Å². The van der Waals surface area contributed by atoms with Gasteiger partial charge in [0.15, 0.2) is 0 Å². The molecule has 0 saturated heterocycles. The molecule has 60 heavy (non-hydrogen) atoms. The third-order valence-electron chi connectivity index (χ3n) is 13.3. The lowest BCUT2D eigenvalue weighted by atomic mass is 9.45. The van der Waals surface area contributed by atoms with Gasteiger partial charge in [0.05, 0.1) is 21.6 Å². The summed E-state index contributed by atoms with van der Waals surface area (Å²) in [5, 5.41) is 6.26. The van der Waals surface area contributed by atoms with E-state index in [9.17, 15) is 0 Å². The summed E-state index contributed by atoms with van der Waals surface area (Å²) in [6, 6.07) is 61.0. The van der Waals surface area contributed by atoms with Gasteiger partial charge < -0.3 is 13.8 Å². The molecule has 2 aliphatic rings. The van der Waals surface area contributed by atoms with E-state index in [4.69, 9.17) is 4.42 Å². The van der Waals surface area contributed by atoms with Crippen LogP contribution in [0.1, 0.15) is 31.9 Å². The van der Waals surface area contributed by atoms with Crippen molar-refractivity contribution in [3.63, 3.8) is 0 Å². The van der Waals surface area contributed by atoms with Crippen molar-refractivity contribution in [2.45, 2.75) is 33.1 Å². The normalized spacial score (nSPS) is 13.3. The van der Waals surface area contributed by atoms with Crippen LogP contribution >= 0.6 is 11.3 Å². The smallest absolute Gasteiger partial charge is 0.333 e. The lowest BCUT2D eigenvalue weighted by Crippen LogP contribution is -2.56. The number of furan rings is 1. The summed E-state index contributed by atoms with van der Waals surface area (Å²) in [6.07, 6.45) is 0. The number of hydrogen-bond donors (Lipinski definition) is 0. The number of aryl methyl sites for hydroxylation is 1. The molecule has 0 saturated carbocycles. The number of benzene rings is 8. The molecule has 3 aromatic heterocycles. The zero-order valence-corrected chi connectivity index (χ0v) is 34.7. The maximum absolute atomic E-state index is 6.76. The lowest BCUT2D eigenvalue weighted by molar-refractivity contribution is 0.590. The molecule has 0 radical (unpaired) electrons. The summed E-state index contributed by atoms with van der Waals surface area (Å²) >= 11 is 1.92. The van der Waals surface area contributed by atoms with E-state index in [0.717, 1.165) is 27.6 Å². The Morgan fingerprint density at radius 1 is 0.550 bits per heavy atom. The fraction of sp³-hybridized carbons (Fsp3) is 0.0909. The molecule has 2 aliphatic heterocycles. The van der Waals surface area contributed by atoms with E-state index in [0.29, 0.717) is 0 Å². The molecule has 0 amide bonds. The van der Waals surface area contributed by atoms with Crippen molar-refractivity contribution in [1.29, 1.82) is 0 Å². The first-order valence-electron chi connectivity index (χ1n) is 21.0. The third kappa shape index (κ3) is 4.56. The monoisotopic (exact) mass is 786 g/mol. The van der Waals surface area contributed by atoms with Crippen LogP contribution in [0.3, 0.4) is 0 Å². The summed E-state index contributed by atoms with van der Waals surface area (Å²) in [5.41, 5.74) is 19.2. The molecule has 11 aromatic rings. The molecular formula is C55H39BN2OS. The van der Waals surface area contributed by atoms with Crippen LogP contribution in [0.2, 0.25) is 0 Å². The first kappa shape index (κ1) is 34.1. The molecule has 0 aliphatic carbocycles. The zero-order valence-electron chi connectivity index (χ0n) is 33.9. The highest BCUT2D eigenvalue weighted by molar-refractivity contribution is 7.26. The SMILES string of the molecule is Cc1ccccc1-c1cc2c3c(c1)N(c1ccc(C(C)(C)C)cc1-c1ccccc1)c1c(ccc4oc5ccccc5c14)B3n1c3sc4ccccc4c3c3cccc-2c31. The van der Waals surface area contributed by atoms with Crippen LogP contribution in [-0.4, -0.2) is 11.3 Å². The minimum Gasteiger partial charge on any atom is -0.456 e. The first-order valence-corrected chi connectivity index (χ1v) is 21.8. The molecule has 0 spiro atoms. The molecule has 0 fully saturated rings. The maximum atomic E-state index is 6.76. The Hall–Kier alpha value is -6.82. The van der Waals surface area contributed by atoms with Gasteiger partial charge in [-0.05, 0) is 99.1 Å². The van der Waals surface area contributed by atoms with E-state index in [-0.39, 0.29) is 12.3 Å². The summed E-state index contributed by atoms with van der Waals surface area (Å²) in [7, 11) is 0. The van der Waals surface area contributed by atoms with Crippen LogP contribution in [-0.2, 0) is 5.41 Å². The molecular weight excluding hydrogens is 747 g/mol. The van der Waals surface area contributed by atoms with Gasteiger partial charge in [0.2, 0.25) is 0 Å². The van der Waals surface area contributed by atoms with Gasteiger partial charge in [0.25, 0.3) is 0 Å². The van der Waals surface area contributed by atoms with Crippen LogP contribution in [0.25, 0.3) is 86.5 Å². The number of aromatic nitrogens is 1. The summed E-state index contributed by atoms with van der Waals surface area (Å²) in [5.74, 6) is 0. The predicted octanol–water partition coefficient (Wildman–Crippen LogP) is 14.3. The molecule has 284 valence electrons. The Labute approximate surface area is 352 Å². The van der Waals surface area contributed by atoms with E-state index in [1.54, 1.807) is 0 Å². The van der Waals surface area contributed by atoms with Crippen molar-refractivity contribution in [3.05, 3.63) is 175 Å². The van der Waals surface area contributed by atoms with Gasteiger partial charge in [-0.25, -0.2) is 0 Å². The fourth-order valence-electron chi connectivity index (χ4n) is 10.5. The topological polar surface area (TPSA) is 21.3 Å². The average Bonchev–Trinajstić information content (AvgIpc) is 3.94. The van der Waals surface area contributed by atoms with Gasteiger partial charge in [0, 0.05) is 48.6 Å². The number of anilines is 3. The Morgan fingerprint density at radius 3 is 2.15 bits per heavy atom. The van der Waals surface area contributed by atoms with Crippen molar-refractivity contribution in [3.8, 4) is 33.4 Å². The molecule has 5 heterocycles. The molecule has 0 unspecified atom stereocenters. The third-order valence-corrected chi connectivity index (χ3v) is 14.4. The fourth-order valence-corrected chi connectivity index (χ4v) is 11.8.